The van der Waals surface area contributed by atoms with Crippen LogP contribution in [-0.4, -0.2) is 29.7 Å². The van der Waals surface area contributed by atoms with Crippen molar-refractivity contribution in [2.45, 2.75) is 40.2 Å². The van der Waals surface area contributed by atoms with E-state index in [0.717, 1.165) is 30.3 Å². The molecule has 1 aromatic heterocycles. The Hall–Kier alpha value is -2.01. The topological polar surface area (TPSA) is 59.2 Å². The number of hydrogen-bond donors (Lipinski definition) is 2. The summed E-state index contributed by atoms with van der Waals surface area (Å²) >= 11 is 0. The molecule has 1 atom stereocenters. The summed E-state index contributed by atoms with van der Waals surface area (Å²) in [5, 5.41) is 3.60. The molecule has 0 aliphatic rings. The van der Waals surface area contributed by atoms with E-state index in [1.165, 1.54) is 5.56 Å². The molecule has 1 unspecified atom stereocenters. The van der Waals surface area contributed by atoms with Gasteiger partial charge in [-0.1, -0.05) is 19.9 Å². The standard InChI is InChI=1S/C19H29N3O2/c1-5-23-16-8-7-15(13-17(16)24-6-2)9-10-20-18(14(3)4)19-21-11-12-22-19/h7-8,11-14,18,20H,5-6,9-10H2,1-4H3,(H,21,22). The van der Waals surface area contributed by atoms with E-state index in [9.17, 15) is 0 Å². The smallest absolute Gasteiger partial charge is 0.161 e. The number of hydrogen-bond acceptors (Lipinski definition) is 4. The largest absolute Gasteiger partial charge is 0.490 e. The molecule has 1 aromatic carbocycles. The van der Waals surface area contributed by atoms with Crippen LogP contribution in [0.1, 0.15) is 45.1 Å². The zero-order valence-electron chi connectivity index (χ0n) is 15.1. The minimum absolute atomic E-state index is 0.231. The number of aromatic nitrogens is 2. The summed E-state index contributed by atoms with van der Waals surface area (Å²) in [4.78, 5) is 7.58. The predicted molar refractivity (Wildman–Crippen MR) is 96.7 cm³/mol. The van der Waals surface area contributed by atoms with Crippen molar-refractivity contribution in [2.24, 2.45) is 5.92 Å². The van der Waals surface area contributed by atoms with Crippen LogP contribution in [0, 0.1) is 5.92 Å². The minimum atomic E-state index is 0.231. The van der Waals surface area contributed by atoms with Crippen molar-refractivity contribution in [2.75, 3.05) is 19.8 Å². The van der Waals surface area contributed by atoms with Crippen LogP contribution in [0.4, 0.5) is 0 Å². The van der Waals surface area contributed by atoms with E-state index in [-0.39, 0.29) is 6.04 Å². The molecular weight excluding hydrogens is 302 g/mol. The summed E-state index contributed by atoms with van der Waals surface area (Å²) in [5.74, 6) is 3.09. The molecule has 2 aromatic rings. The van der Waals surface area contributed by atoms with Crippen LogP contribution in [0.15, 0.2) is 30.6 Å². The summed E-state index contributed by atoms with van der Waals surface area (Å²) in [6.07, 6.45) is 4.59. The maximum Gasteiger partial charge on any atom is 0.161 e. The van der Waals surface area contributed by atoms with Crippen molar-refractivity contribution in [1.29, 1.82) is 0 Å². The van der Waals surface area contributed by atoms with E-state index in [1.807, 2.05) is 26.1 Å². The lowest BCUT2D eigenvalue weighted by Gasteiger charge is -2.20. The second kappa shape index (κ2) is 9.33. The SMILES string of the molecule is CCOc1ccc(CCNC(c2ncc[nH]2)C(C)C)cc1OCC. The van der Waals surface area contributed by atoms with Gasteiger partial charge in [0.2, 0.25) is 0 Å². The fourth-order valence-electron chi connectivity index (χ4n) is 2.72. The molecular formula is C19H29N3O2. The zero-order valence-corrected chi connectivity index (χ0v) is 15.1. The minimum Gasteiger partial charge on any atom is -0.490 e. The van der Waals surface area contributed by atoms with Gasteiger partial charge in [0.25, 0.3) is 0 Å². The van der Waals surface area contributed by atoms with Gasteiger partial charge >= 0.3 is 0 Å². The summed E-state index contributed by atoms with van der Waals surface area (Å²) in [7, 11) is 0. The van der Waals surface area contributed by atoms with E-state index in [1.54, 1.807) is 6.20 Å². The van der Waals surface area contributed by atoms with E-state index >= 15 is 0 Å². The molecule has 0 amide bonds. The first-order chi connectivity index (χ1) is 11.7. The second-order valence-electron chi connectivity index (χ2n) is 6.05. The van der Waals surface area contributed by atoms with Crippen LogP contribution in [0.25, 0.3) is 0 Å². The maximum absolute atomic E-state index is 5.69. The number of benzene rings is 1. The van der Waals surface area contributed by atoms with Gasteiger partial charge in [-0.15, -0.1) is 0 Å². The molecule has 132 valence electrons. The summed E-state index contributed by atoms with van der Waals surface area (Å²) in [6.45, 7) is 10.5. The van der Waals surface area contributed by atoms with Gasteiger partial charge in [0.05, 0.1) is 19.3 Å². The Kier molecular flexibility index (Phi) is 7.12. The predicted octanol–water partition coefficient (Wildman–Crippen LogP) is 3.74. The molecule has 0 bridgehead atoms. The van der Waals surface area contributed by atoms with E-state index in [4.69, 9.17) is 9.47 Å². The van der Waals surface area contributed by atoms with Gasteiger partial charge in [0.15, 0.2) is 11.5 Å². The molecule has 5 heteroatoms. The van der Waals surface area contributed by atoms with Crippen LogP contribution >= 0.6 is 0 Å². The Balaban J connectivity index is 1.97. The van der Waals surface area contributed by atoms with Gasteiger partial charge in [0.1, 0.15) is 5.82 Å². The van der Waals surface area contributed by atoms with Gasteiger partial charge < -0.3 is 19.8 Å². The molecule has 0 saturated carbocycles. The molecule has 0 aliphatic heterocycles. The molecule has 0 spiro atoms. The van der Waals surface area contributed by atoms with Crippen LogP contribution < -0.4 is 14.8 Å². The quantitative estimate of drug-likeness (QED) is 0.696. The van der Waals surface area contributed by atoms with Gasteiger partial charge in [-0.25, -0.2) is 4.98 Å². The van der Waals surface area contributed by atoms with Crippen molar-refractivity contribution < 1.29 is 9.47 Å². The number of H-pyrrole nitrogens is 1. The lowest BCUT2D eigenvalue weighted by atomic mass is 10.0. The number of nitrogens with zero attached hydrogens (tertiary/aromatic N) is 1. The molecule has 24 heavy (non-hydrogen) atoms. The highest BCUT2D eigenvalue weighted by molar-refractivity contribution is 5.43. The Morgan fingerprint density at radius 3 is 2.50 bits per heavy atom. The maximum atomic E-state index is 5.69. The Morgan fingerprint density at radius 2 is 1.88 bits per heavy atom. The monoisotopic (exact) mass is 331 g/mol. The van der Waals surface area contributed by atoms with Crippen molar-refractivity contribution in [3.05, 3.63) is 42.0 Å². The highest BCUT2D eigenvalue weighted by atomic mass is 16.5. The zero-order chi connectivity index (χ0) is 17.4. The summed E-state index contributed by atoms with van der Waals surface area (Å²) < 4.78 is 11.3. The third kappa shape index (κ3) is 4.99. The average molecular weight is 331 g/mol. The molecule has 0 radical (unpaired) electrons. The third-order valence-electron chi connectivity index (χ3n) is 3.87. The second-order valence-corrected chi connectivity index (χ2v) is 6.05. The molecule has 5 nitrogen and oxygen atoms in total. The highest BCUT2D eigenvalue weighted by Crippen LogP contribution is 2.28. The number of aromatic amines is 1. The molecule has 0 aliphatic carbocycles. The highest BCUT2D eigenvalue weighted by Gasteiger charge is 2.17. The molecule has 0 saturated heterocycles. The van der Waals surface area contributed by atoms with E-state index in [2.05, 4.69) is 41.3 Å². The van der Waals surface area contributed by atoms with Gasteiger partial charge in [0, 0.05) is 12.4 Å². The molecule has 2 rings (SSSR count). The lowest BCUT2D eigenvalue weighted by Crippen LogP contribution is -2.28. The molecule has 1 heterocycles. The van der Waals surface area contributed by atoms with Crippen molar-refractivity contribution in [3.63, 3.8) is 0 Å². The Bertz CT molecular complexity index is 597. The van der Waals surface area contributed by atoms with Crippen molar-refractivity contribution in [1.82, 2.24) is 15.3 Å². The Morgan fingerprint density at radius 1 is 1.12 bits per heavy atom. The molecule has 2 N–H and O–H groups in total. The third-order valence-corrected chi connectivity index (χ3v) is 3.87. The van der Waals surface area contributed by atoms with Crippen LogP contribution in [0.2, 0.25) is 0 Å². The molecule has 0 fully saturated rings. The average Bonchev–Trinajstić information content (AvgIpc) is 3.08. The van der Waals surface area contributed by atoms with Gasteiger partial charge in [-0.05, 0) is 50.4 Å². The first-order valence-corrected chi connectivity index (χ1v) is 8.76. The van der Waals surface area contributed by atoms with Crippen LogP contribution in [0.3, 0.4) is 0 Å². The van der Waals surface area contributed by atoms with E-state index in [0.29, 0.717) is 19.1 Å². The van der Waals surface area contributed by atoms with Gasteiger partial charge in [-0.3, -0.25) is 0 Å². The summed E-state index contributed by atoms with van der Waals surface area (Å²) in [5.41, 5.74) is 1.23. The first kappa shape index (κ1) is 18.3. The van der Waals surface area contributed by atoms with Crippen molar-refractivity contribution >= 4 is 0 Å². The Labute approximate surface area is 144 Å². The fourth-order valence-corrected chi connectivity index (χ4v) is 2.72. The summed E-state index contributed by atoms with van der Waals surface area (Å²) in [6, 6.07) is 6.41. The number of ether oxygens (including phenoxy) is 2. The van der Waals surface area contributed by atoms with Crippen LogP contribution in [0.5, 0.6) is 11.5 Å². The van der Waals surface area contributed by atoms with Gasteiger partial charge in [-0.2, -0.15) is 0 Å². The first-order valence-electron chi connectivity index (χ1n) is 8.76. The van der Waals surface area contributed by atoms with Crippen molar-refractivity contribution in [3.8, 4) is 11.5 Å². The number of rotatable bonds is 10. The van der Waals surface area contributed by atoms with E-state index < -0.39 is 0 Å². The van der Waals surface area contributed by atoms with Crippen LogP contribution in [-0.2, 0) is 6.42 Å². The number of nitrogens with one attached hydrogen (secondary N) is 2. The fraction of sp³-hybridized carbons (Fsp3) is 0.526. The normalized spacial score (nSPS) is 12.4. The lowest BCUT2D eigenvalue weighted by molar-refractivity contribution is 0.287. The number of imidazole rings is 1.